The lowest BCUT2D eigenvalue weighted by Gasteiger charge is -2.36. The third-order valence-electron chi connectivity index (χ3n) is 7.69. The normalized spacial score (nSPS) is 14.6. The fourth-order valence-corrected chi connectivity index (χ4v) is 5.95. The van der Waals surface area contributed by atoms with E-state index in [0.717, 1.165) is 74.3 Å². The van der Waals surface area contributed by atoms with Crippen LogP contribution in [0.15, 0.2) is 48.5 Å². The van der Waals surface area contributed by atoms with Gasteiger partial charge in [0.25, 0.3) is 0 Å². The van der Waals surface area contributed by atoms with E-state index in [-0.39, 0.29) is 13.5 Å². The number of hydrogen-bond donors (Lipinski definition) is 1. The minimum absolute atomic E-state index is 0.0931. The summed E-state index contributed by atoms with van der Waals surface area (Å²) in [4.78, 5) is 23.3. The highest BCUT2D eigenvalue weighted by molar-refractivity contribution is 6.43. The SMILES string of the molecule is CC(C)CC(C)CN(CN)C(=O)OCOc1ccc2ccc(OCCCCN3CCN(c4cccc(Cl)c4Cl)CC3)cc2n1. The van der Waals surface area contributed by atoms with Gasteiger partial charge in [0.05, 0.1) is 34.5 Å². The molecule has 1 saturated heterocycles. The highest BCUT2D eigenvalue weighted by atomic mass is 35.5. The van der Waals surface area contributed by atoms with Gasteiger partial charge in [-0.3, -0.25) is 9.80 Å². The van der Waals surface area contributed by atoms with Gasteiger partial charge in [-0.15, -0.1) is 0 Å². The number of rotatable bonds is 15. The van der Waals surface area contributed by atoms with E-state index in [9.17, 15) is 4.79 Å². The molecule has 9 nitrogen and oxygen atoms in total. The van der Waals surface area contributed by atoms with Crippen LogP contribution in [0.5, 0.6) is 11.6 Å². The zero-order chi connectivity index (χ0) is 31.5. The maximum absolute atomic E-state index is 12.5. The summed E-state index contributed by atoms with van der Waals surface area (Å²) in [5, 5.41) is 2.19. The van der Waals surface area contributed by atoms with Crippen molar-refractivity contribution in [3.05, 3.63) is 58.6 Å². The van der Waals surface area contributed by atoms with E-state index in [1.807, 2.05) is 42.5 Å². The van der Waals surface area contributed by atoms with Gasteiger partial charge in [-0.2, -0.15) is 0 Å². The molecule has 2 N–H and O–H groups in total. The number of carbonyl (C=O) groups is 1. The summed E-state index contributed by atoms with van der Waals surface area (Å²) in [6.07, 6.45) is 2.52. The van der Waals surface area contributed by atoms with Crippen molar-refractivity contribution in [3.8, 4) is 11.6 Å². The van der Waals surface area contributed by atoms with Crippen molar-refractivity contribution in [2.24, 2.45) is 17.6 Å². The van der Waals surface area contributed by atoms with Crippen LogP contribution < -0.4 is 20.1 Å². The first-order chi connectivity index (χ1) is 21.2. The molecule has 1 fully saturated rings. The van der Waals surface area contributed by atoms with Crippen molar-refractivity contribution in [1.82, 2.24) is 14.8 Å². The predicted molar refractivity (Wildman–Crippen MR) is 178 cm³/mol. The number of fused-ring (bicyclic) bond motifs is 1. The summed E-state index contributed by atoms with van der Waals surface area (Å²) >= 11 is 12.6. The number of benzene rings is 2. The fraction of sp³-hybridized carbons (Fsp3) is 0.515. The number of ether oxygens (including phenoxy) is 3. The highest BCUT2D eigenvalue weighted by Gasteiger charge is 2.20. The second-order valence-corrected chi connectivity index (χ2v) is 12.6. The molecular formula is C33H45Cl2N5O4. The Morgan fingerprint density at radius 3 is 2.55 bits per heavy atom. The molecule has 1 amide bonds. The van der Waals surface area contributed by atoms with E-state index in [1.165, 1.54) is 4.90 Å². The quantitative estimate of drug-likeness (QED) is 0.141. The first-order valence-corrected chi connectivity index (χ1v) is 16.2. The van der Waals surface area contributed by atoms with Crippen molar-refractivity contribution in [1.29, 1.82) is 0 Å². The van der Waals surface area contributed by atoms with Gasteiger partial charge >= 0.3 is 6.09 Å². The average Bonchev–Trinajstić information content (AvgIpc) is 3.01. The number of anilines is 1. The minimum Gasteiger partial charge on any atom is -0.494 e. The molecule has 0 aliphatic carbocycles. The standard InChI is InChI=1S/C33H45Cl2N5O4/c1-24(2)19-25(3)21-40(22-36)33(41)44-23-43-31-12-10-26-9-11-27(20-29(26)37-31)42-18-5-4-13-38-14-16-39(17-15-38)30-8-6-7-28(34)32(30)35/h6-12,20,24-25H,4-5,13-19,21-23,36H2,1-3H3. The zero-order valence-corrected chi connectivity index (χ0v) is 27.5. The second-order valence-electron chi connectivity index (χ2n) is 11.8. The Bertz CT molecular complexity index is 1350. The fourth-order valence-electron chi connectivity index (χ4n) is 5.54. The third kappa shape index (κ3) is 10.0. The Labute approximate surface area is 271 Å². The Balaban J connectivity index is 1.16. The van der Waals surface area contributed by atoms with Crippen molar-refractivity contribution in [2.45, 2.75) is 40.0 Å². The van der Waals surface area contributed by atoms with E-state index in [2.05, 4.69) is 35.6 Å². The van der Waals surface area contributed by atoms with Gasteiger partial charge in [0, 0.05) is 50.2 Å². The number of aromatic nitrogens is 1. The van der Waals surface area contributed by atoms with Crippen LogP contribution >= 0.6 is 23.2 Å². The maximum atomic E-state index is 12.5. The van der Waals surface area contributed by atoms with Crippen LogP contribution in [0.1, 0.15) is 40.0 Å². The van der Waals surface area contributed by atoms with Gasteiger partial charge < -0.3 is 24.8 Å². The number of nitrogens with two attached hydrogens (primary N) is 1. The summed E-state index contributed by atoms with van der Waals surface area (Å²) < 4.78 is 16.9. The lowest BCUT2D eigenvalue weighted by Crippen LogP contribution is -2.46. The lowest BCUT2D eigenvalue weighted by molar-refractivity contribution is 0.0306. The monoisotopic (exact) mass is 645 g/mol. The Kier molecular flexibility index (Phi) is 13.0. The molecule has 0 radical (unpaired) electrons. The number of unbranched alkanes of at least 4 members (excludes halogenated alkanes) is 1. The van der Waals surface area contributed by atoms with Gasteiger partial charge in [0.1, 0.15) is 5.75 Å². The molecule has 1 atom stereocenters. The minimum atomic E-state index is -0.496. The van der Waals surface area contributed by atoms with Gasteiger partial charge in [-0.1, -0.05) is 50.0 Å². The van der Waals surface area contributed by atoms with E-state index >= 15 is 0 Å². The van der Waals surface area contributed by atoms with Crippen molar-refractivity contribution in [3.63, 3.8) is 0 Å². The van der Waals surface area contributed by atoms with Gasteiger partial charge in [-0.25, -0.2) is 9.78 Å². The first-order valence-electron chi connectivity index (χ1n) is 15.4. The maximum Gasteiger partial charge on any atom is 0.413 e. The molecule has 2 aromatic carbocycles. The number of hydrogen-bond acceptors (Lipinski definition) is 8. The van der Waals surface area contributed by atoms with Gasteiger partial charge in [0.15, 0.2) is 0 Å². The van der Waals surface area contributed by atoms with Crippen molar-refractivity contribution < 1.29 is 19.0 Å². The Morgan fingerprint density at radius 2 is 1.80 bits per heavy atom. The van der Waals surface area contributed by atoms with Crippen LogP contribution in [0.25, 0.3) is 10.9 Å². The van der Waals surface area contributed by atoms with E-state index in [1.54, 1.807) is 6.07 Å². The molecule has 4 rings (SSSR count). The summed E-state index contributed by atoms with van der Waals surface area (Å²) in [5.41, 5.74) is 7.53. The van der Waals surface area contributed by atoms with Crippen LogP contribution in [-0.4, -0.2) is 80.2 Å². The molecule has 0 bridgehead atoms. The summed E-state index contributed by atoms with van der Waals surface area (Å²) in [5.74, 6) is 2.00. The molecule has 0 spiro atoms. The molecule has 1 aliphatic rings. The third-order valence-corrected chi connectivity index (χ3v) is 8.50. The number of carbonyl (C=O) groups excluding carboxylic acids is 1. The zero-order valence-electron chi connectivity index (χ0n) is 26.0. The number of pyridine rings is 1. The second kappa shape index (κ2) is 16.9. The van der Waals surface area contributed by atoms with E-state index in [4.69, 9.17) is 43.1 Å². The van der Waals surface area contributed by atoms with E-state index in [0.29, 0.717) is 40.9 Å². The van der Waals surface area contributed by atoms with Crippen molar-refractivity contribution in [2.75, 3.05) is 64.2 Å². The molecule has 1 unspecified atom stereocenters. The van der Waals surface area contributed by atoms with Crippen LogP contribution in [0.4, 0.5) is 10.5 Å². The molecule has 0 saturated carbocycles. The summed E-state index contributed by atoms with van der Waals surface area (Å²) in [6, 6.07) is 15.3. The highest BCUT2D eigenvalue weighted by Crippen LogP contribution is 2.33. The number of amides is 1. The van der Waals surface area contributed by atoms with Crippen LogP contribution in [0.3, 0.4) is 0 Å². The van der Waals surface area contributed by atoms with Gasteiger partial charge in [0.2, 0.25) is 12.7 Å². The topological polar surface area (TPSA) is 93.4 Å². The predicted octanol–water partition coefficient (Wildman–Crippen LogP) is 6.90. The molecule has 3 aromatic rings. The molecule has 11 heteroatoms. The number of nitrogens with zero attached hydrogens (tertiary/aromatic N) is 4. The molecule has 1 aliphatic heterocycles. The van der Waals surface area contributed by atoms with Crippen molar-refractivity contribution >= 4 is 45.9 Å². The van der Waals surface area contributed by atoms with Crippen LogP contribution in [0.2, 0.25) is 10.0 Å². The lowest BCUT2D eigenvalue weighted by atomic mass is 9.99. The average molecular weight is 647 g/mol. The van der Waals surface area contributed by atoms with Gasteiger partial charge in [-0.05, 0) is 68.0 Å². The largest absolute Gasteiger partial charge is 0.494 e. The number of halogens is 2. The molecule has 1 aromatic heterocycles. The first kappa shape index (κ1) is 33.9. The molecule has 240 valence electrons. The van der Waals surface area contributed by atoms with Crippen LogP contribution in [-0.2, 0) is 4.74 Å². The summed E-state index contributed by atoms with van der Waals surface area (Å²) in [6.45, 7) is 12.3. The Morgan fingerprint density at radius 1 is 1.02 bits per heavy atom. The molecule has 44 heavy (non-hydrogen) atoms. The summed E-state index contributed by atoms with van der Waals surface area (Å²) in [7, 11) is 0. The Hall–Kier alpha value is -2.98. The van der Waals surface area contributed by atoms with E-state index < -0.39 is 6.09 Å². The molecule has 2 heterocycles. The number of piperazine rings is 1. The smallest absolute Gasteiger partial charge is 0.413 e. The molecular weight excluding hydrogens is 601 g/mol. The van der Waals surface area contributed by atoms with Crippen LogP contribution in [0, 0.1) is 11.8 Å².